The molecule has 0 radical (unpaired) electrons. The lowest BCUT2D eigenvalue weighted by molar-refractivity contribution is 1.19. The first-order valence-corrected chi connectivity index (χ1v) is 12.0. The van der Waals surface area contributed by atoms with Gasteiger partial charge in [-0.2, -0.15) is 0 Å². The van der Waals surface area contributed by atoms with Crippen LogP contribution >= 0.6 is 0 Å². The number of pyridine rings is 1. The quantitative estimate of drug-likeness (QED) is 0.261. The standard InChI is InChI=1S/C33H20N2/c1-2-8-21(9-3-1)22-14-16-31-27(18-22)25-12-6-7-13-30(25)35(31)32-17-15-26-23-10-4-5-11-24(23)28-19-34-20-29(32)33(26)28/h1-20H. The van der Waals surface area contributed by atoms with Crippen molar-refractivity contribution in [3.63, 3.8) is 0 Å². The van der Waals surface area contributed by atoms with Gasteiger partial charge in [-0.15, -0.1) is 0 Å². The van der Waals surface area contributed by atoms with Crippen LogP contribution in [0.2, 0.25) is 0 Å². The van der Waals surface area contributed by atoms with E-state index in [2.05, 4.69) is 119 Å². The third-order valence-corrected chi connectivity index (χ3v) is 7.43. The third kappa shape index (κ3) is 2.51. The van der Waals surface area contributed by atoms with Crippen LogP contribution in [0.25, 0.3) is 71.6 Å². The zero-order valence-corrected chi connectivity index (χ0v) is 18.9. The summed E-state index contributed by atoms with van der Waals surface area (Å²) < 4.78 is 2.41. The van der Waals surface area contributed by atoms with Gasteiger partial charge < -0.3 is 4.57 Å². The number of nitrogens with zero attached hydrogens (tertiary/aromatic N) is 2. The number of hydrogen-bond acceptors (Lipinski definition) is 1. The lowest BCUT2D eigenvalue weighted by atomic mass is 10.0. The van der Waals surface area contributed by atoms with E-state index in [-0.39, 0.29) is 0 Å². The fourth-order valence-corrected chi connectivity index (χ4v) is 5.90. The van der Waals surface area contributed by atoms with Crippen LogP contribution in [-0.4, -0.2) is 9.55 Å². The van der Waals surface area contributed by atoms with Crippen LogP contribution in [0, 0.1) is 0 Å². The van der Waals surface area contributed by atoms with Crippen LogP contribution in [0.1, 0.15) is 0 Å². The van der Waals surface area contributed by atoms with Gasteiger partial charge in [-0.1, -0.05) is 84.9 Å². The van der Waals surface area contributed by atoms with Crippen molar-refractivity contribution in [2.24, 2.45) is 0 Å². The van der Waals surface area contributed by atoms with Gasteiger partial charge in [0.25, 0.3) is 0 Å². The molecule has 8 rings (SSSR count). The molecule has 1 aliphatic carbocycles. The molecule has 0 fully saturated rings. The summed E-state index contributed by atoms with van der Waals surface area (Å²) in [5.41, 5.74) is 11.1. The molecule has 0 unspecified atom stereocenters. The molecule has 0 aliphatic heterocycles. The number of aromatic nitrogens is 2. The largest absolute Gasteiger partial charge is 0.309 e. The van der Waals surface area contributed by atoms with Crippen molar-refractivity contribution in [1.29, 1.82) is 0 Å². The SMILES string of the molecule is c1ccc(-c2ccc3c(c2)c2ccccc2n3-c2ccc3c4c(cncc24)-c2ccccc2-3)cc1. The number of benzene rings is 5. The van der Waals surface area contributed by atoms with Gasteiger partial charge in [0.2, 0.25) is 0 Å². The Kier molecular flexibility index (Phi) is 3.69. The smallest absolute Gasteiger partial charge is 0.0556 e. The lowest BCUT2D eigenvalue weighted by Gasteiger charge is -2.13. The summed E-state index contributed by atoms with van der Waals surface area (Å²) in [6.07, 6.45) is 4.04. The molecule has 5 aromatic carbocycles. The summed E-state index contributed by atoms with van der Waals surface area (Å²) in [4.78, 5) is 4.69. The van der Waals surface area contributed by atoms with Gasteiger partial charge in [0, 0.05) is 39.5 Å². The topological polar surface area (TPSA) is 17.8 Å². The minimum atomic E-state index is 1.17. The average molecular weight is 445 g/mol. The molecule has 1 aliphatic rings. The molecule has 0 N–H and O–H groups in total. The normalized spacial score (nSPS) is 12.0. The zero-order chi connectivity index (χ0) is 22.9. The number of para-hydroxylation sites is 1. The molecule has 2 nitrogen and oxygen atoms in total. The van der Waals surface area contributed by atoms with Gasteiger partial charge in [-0.3, -0.25) is 4.98 Å². The Hall–Kier alpha value is -4.69. The Bertz CT molecular complexity index is 1910. The highest BCUT2D eigenvalue weighted by molar-refractivity contribution is 6.18. The van der Waals surface area contributed by atoms with E-state index in [0.29, 0.717) is 0 Å². The Balaban J connectivity index is 1.46. The van der Waals surface area contributed by atoms with Gasteiger partial charge in [0.05, 0.1) is 16.7 Å². The zero-order valence-electron chi connectivity index (χ0n) is 18.9. The second-order valence-corrected chi connectivity index (χ2v) is 9.24. The van der Waals surface area contributed by atoms with Gasteiger partial charge in [0.15, 0.2) is 0 Å². The highest BCUT2D eigenvalue weighted by Crippen LogP contribution is 2.48. The summed E-state index contributed by atoms with van der Waals surface area (Å²) >= 11 is 0. The molecule has 2 heterocycles. The van der Waals surface area contributed by atoms with Gasteiger partial charge in [0.1, 0.15) is 0 Å². The van der Waals surface area contributed by atoms with E-state index in [9.17, 15) is 0 Å². The van der Waals surface area contributed by atoms with Crippen molar-refractivity contribution in [2.75, 3.05) is 0 Å². The maximum absolute atomic E-state index is 4.69. The van der Waals surface area contributed by atoms with E-state index in [1.54, 1.807) is 0 Å². The summed E-state index contributed by atoms with van der Waals surface area (Å²) in [7, 11) is 0. The van der Waals surface area contributed by atoms with Crippen molar-refractivity contribution < 1.29 is 0 Å². The lowest BCUT2D eigenvalue weighted by Crippen LogP contribution is -1.96. The Morgan fingerprint density at radius 3 is 2.09 bits per heavy atom. The van der Waals surface area contributed by atoms with E-state index >= 15 is 0 Å². The third-order valence-electron chi connectivity index (χ3n) is 7.43. The Labute approximate surface area is 202 Å². The summed E-state index contributed by atoms with van der Waals surface area (Å²) in [6.45, 7) is 0. The molecule has 0 saturated carbocycles. The monoisotopic (exact) mass is 444 g/mol. The molecule has 2 heteroatoms. The van der Waals surface area contributed by atoms with Crippen LogP contribution in [0.4, 0.5) is 0 Å². The van der Waals surface area contributed by atoms with Crippen LogP contribution in [0.3, 0.4) is 0 Å². The van der Waals surface area contributed by atoms with Crippen molar-refractivity contribution in [3.05, 3.63) is 122 Å². The van der Waals surface area contributed by atoms with Crippen molar-refractivity contribution in [2.45, 2.75) is 0 Å². The predicted molar refractivity (Wildman–Crippen MR) is 146 cm³/mol. The molecule has 7 aromatic rings. The molecular weight excluding hydrogens is 424 g/mol. The minimum Gasteiger partial charge on any atom is -0.309 e. The van der Waals surface area contributed by atoms with Crippen LogP contribution < -0.4 is 0 Å². The van der Waals surface area contributed by atoms with E-state index in [1.165, 1.54) is 71.6 Å². The second kappa shape index (κ2) is 6.91. The van der Waals surface area contributed by atoms with Gasteiger partial charge >= 0.3 is 0 Å². The Morgan fingerprint density at radius 1 is 0.457 bits per heavy atom. The second-order valence-electron chi connectivity index (χ2n) is 9.24. The molecule has 0 spiro atoms. The molecule has 2 aromatic heterocycles. The maximum atomic E-state index is 4.69. The number of rotatable bonds is 2. The highest BCUT2D eigenvalue weighted by atomic mass is 15.0. The summed E-state index contributed by atoms with van der Waals surface area (Å²) in [5.74, 6) is 0. The van der Waals surface area contributed by atoms with E-state index < -0.39 is 0 Å². The summed E-state index contributed by atoms with van der Waals surface area (Å²) in [5, 5.41) is 5.01. The van der Waals surface area contributed by atoms with Crippen molar-refractivity contribution in [1.82, 2.24) is 9.55 Å². The van der Waals surface area contributed by atoms with Crippen LogP contribution in [0.15, 0.2) is 122 Å². The first-order valence-electron chi connectivity index (χ1n) is 12.0. The van der Waals surface area contributed by atoms with Gasteiger partial charge in [-0.25, -0.2) is 0 Å². The first kappa shape index (κ1) is 18.7. The molecule has 0 amide bonds. The van der Waals surface area contributed by atoms with E-state index in [1.807, 2.05) is 12.4 Å². The number of fused-ring (bicyclic) bond motifs is 6. The van der Waals surface area contributed by atoms with Crippen molar-refractivity contribution in [3.8, 4) is 39.1 Å². The molecule has 0 saturated heterocycles. The highest BCUT2D eigenvalue weighted by Gasteiger charge is 2.24. The molecule has 0 atom stereocenters. The molecule has 35 heavy (non-hydrogen) atoms. The Morgan fingerprint density at radius 2 is 1.20 bits per heavy atom. The van der Waals surface area contributed by atoms with Gasteiger partial charge in [-0.05, 0) is 52.1 Å². The average Bonchev–Trinajstić information content (AvgIpc) is 3.44. The fourth-order valence-electron chi connectivity index (χ4n) is 5.90. The molecular formula is C33H20N2. The van der Waals surface area contributed by atoms with E-state index in [0.717, 1.165) is 0 Å². The summed E-state index contributed by atoms with van der Waals surface area (Å²) in [6, 6.07) is 39.4. The number of hydrogen-bond donors (Lipinski definition) is 0. The van der Waals surface area contributed by atoms with Crippen LogP contribution in [0.5, 0.6) is 0 Å². The minimum absolute atomic E-state index is 1.17. The molecule has 162 valence electrons. The predicted octanol–water partition coefficient (Wildman–Crippen LogP) is 8.65. The van der Waals surface area contributed by atoms with Crippen LogP contribution in [-0.2, 0) is 0 Å². The van der Waals surface area contributed by atoms with E-state index in [4.69, 9.17) is 0 Å². The molecule has 0 bridgehead atoms. The van der Waals surface area contributed by atoms with Crippen molar-refractivity contribution >= 4 is 32.6 Å². The first-order chi connectivity index (χ1) is 17.4. The maximum Gasteiger partial charge on any atom is 0.0556 e. The fraction of sp³-hybridized carbons (Fsp3) is 0.